The molecule has 2 rings (SSSR count). The Balaban J connectivity index is 2.49. The summed E-state index contributed by atoms with van der Waals surface area (Å²) in [5.41, 5.74) is 0. The molecule has 8 N–H and O–H groups in total. The molecule has 0 aliphatic carbocycles. The third kappa shape index (κ3) is 73.9. The zero-order valence-corrected chi connectivity index (χ0v) is 87.6. The highest BCUT2D eigenvalue weighted by Gasteiger charge is 2.54. The molecule has 2 fully saturated rings. The first kappa shape index (κ1) is 128. The van der Waals surface area contributed by atoms with Crippen molar-refractivity contribution in [2.45, 2.75) is 634 Å². The minimum absolute atomic E-state index is 0.0751. The molecule has 2 aliphatic heterocycles. The molecule has 2 saturated heterocycles. The first-order valence-corrected chi connectivity index (χ1v) is 58.7. The monoisotopic (exact) mass is 1960 g/mol. The number of carbonyl (C=O) groups excluding carboxylic acids is 5. The second kappa shape index (κ2) is 86.7. The Bertz CT molecular complexity index is 2880. The van der Waals surface area contributed by atoms with Crippen LogP contribution in [0, 0.1) is 0 Å². The van der Waals surface area contributed by atoms with Crippen LogP contribution in [0.15, 0.2) is 0 Å². The van der Waals surface area contributed by atoms with Crippen molar-refractivity contribution < 1.29 is 121 Å². The Hall–Kier alpha value is -2.79. The van der Waals surface area contributed by atoms with Gasteiger partial charge >= 0.3 is 17.9 Å². The van der Waals surface area contributed by atoms with Gasteiger partial charge in [-0.25, -0.2) is 0 Å². The number of ether oxygens (including phenoxy) is 6. The zero-order chi connectivity index (χ0) is 98.9. The van der Waals surface area contributed by atoms with Crippen molar-refractivity contribution in [3.05, 3.63) is 0 Å². The van der Waals surface area contributed by atoms with Gasteiger partial charge in [0, 0.05) is 6.42 Å². The topological polar surface area (TPSA) is 431 Å². The Labute approximate surface area is 819 Å². The number of hydrogen-bond donors (Lipinski definition) is 8. The molecule has 0 bridgehead atoms. The van der Waals surface area contributed by atoms with Gasteiger partial charge in [0.15, 0.2) is 24.8 Å². The number of esters is 3. The summed E-state index contributed by atoms with van der Waals surface area (Å²) in [6.07, 6.45) is 53.1. The van der Waals surface area contributed by atoms with Crippen molar-refractivity contribution in [3.8, 4) is 0 Å². The summed E-state index contributed by atoms with van der Waals surface area (Å²) in [7, 11) is -12.3. The van der Waals surface area contributed by atoms with Gasteiger partial charge in [-0.15, -0.1) is 0 Å². The molecule has 0 aromatic heterocycles. The third-order valence-electron chi connectivity index (χ3n) is 27.1. The standard InChI is InChI=1S/C106H204N2O25P2/c1-6-10-14-18-22-26-28-43-48-54-60-64-70-76-88(111)81-94(114)107-99-103(130-97(117)82-89(112)77-71-65-58-51-24-20-16-12-8-3)101(119)93(129-106(99)133-135(123,124)125)86-126-105-100(104(102(92(85-109)128-105)132-134(120,121)122)131-98(118)83-90(113)78-72-66-59-52-25-21-17-13-9-4)108-95(115)84-91(79-73-67-61-55-49-44-29-27-23-19-15-11-7-2)127-96(116)80-74-68-62-56-50-46-42-40-38-36-34-32-30-31-33-35-37-39-41-45-47-53-57-63-69-75-87(5)110/h87-93,99-106,109-113,119H,6-86H2,1-5H3,(H,107,114)(H,108,115)(H2,120,121,122)(H2,123,124,125)/p-4/t87-,88-,89-,90-,91-,92-,93-,99-,100-,101-,102-,103-,104-,105-,106-/m1/s1. The smallest absolute Gasteiger partial charge is 0.308 e. The number of phosphoric acid groups is 2. The maximum atomic E-state index is 15.1. The van der Waals surface area contributed by atoms with Gasteiger partial charge in [0.1, 0.15) is 42.6 Å². The summed E-state index contributed by atoms with van der Waals surface area (Å²) < 4.78 is 72.2. The molecule has 0 unspecified atom stereocenters. The first-order chi connectivity index (χ1) is 65.2. The minimum atomic E-state index is -6.18. The lowest BCUT2D eigenvalue weighted by Gasteiger charge is -2.49. The second-order valence-electron chi connectivity index (χ2n) is 40.2. The molecule has 27 nitrogen and oxygen atoms in total. The average Bonchev–Trinajstić information content (AvgIpc) is 0.777. The lowest BCUT2D eigenvalue weighted by atomic mass is 9.95. The van der Waals surface area contributed by atoms with Crippen molar-refractivity contribution in [3.63, 3.8) is 0 Å². The summed E-state index contributed by atoms with van der Waals surface area (Å²) in [6, 6.07) is -3.99. The number of nitrogens with one attached hydrogen (secondary N) is 2. The minimum Gasteiger partial charge on any atom is -0.790 e. The van der Waals surface area contributed by atoms with E-state index in [1.165, 1.54) is 205 Å². The van der Waals surface area contributed by atoms with Crippen LogP contribution in [-0.2, 0) is 70.6 Å². The number of aliphatic hydroxyl groups is 6. The van der Waals surface area contributed by atoms with E-state index in [1.807, 2.05) is 6.92 Å². The van der Waals surface area contributed by atoms with E-state index in [2.05, 4.69) is 38.3 Å². The van der Waals surface area contributed by atoms with Gasteiger partial charge in [0.25, 0.3) is 0 Å². The van der Waals surface area contributed by atoms with Crippen molar-refractivity contribution in [2.75, 3.05) is 13.2 Å². The van der Waals surface area contributed by atoms with Crippen LogP contribution in [-0.4, -0.2) is 165 Å². The van der Waals surface area contributed by atoms with Gasteiger partial charge < -0.3 is 107 Å². The van der Waals surface area contributed by atoms with E-state index in [0.717, 1.165) is 212 Å². The van der Waals surface area contributed by atoms with E-state index < -0.39 is 170 Å². The summed E-state index contributed by atoms with van der Waals surface area (Å²) in [4.78, 5) is 123. The Morgan fingerprint density at radius 3 is 0.919 bits per heavy atom. The first-order valence-electron chi connectivity index (χ1n) is 55.8. The lowest BCUT2D eigenvalue weighted by molar-refractivity contribution is -0.364. The number of rotatable bonds is 97. The largest absolute Gasteiger partial charge is 0.790 e. The van der Waals surface area contributed by atoms with Crippen LogP contribution in [0.2, 0.25) is 0 Å². The number of amides is 2. The van der Waals surface area contributed by atoms with Crippen molar-refractivity contribution in [2.24, 2.45) is 0 Å². The highest BCUT2D eigenvalue weighted by molar-refractivity contribution is 7.43. The fraction of sp³-hybridized carbons (Fsp3) is 0.953. The summed E-state index contributed by atoms with van der Waals surface area (Å²) in [5.74, 6) is -4.70. The van der Waals surface area contributed by atoms with Gasteiger partial charge in [0.05, 0.1) is 79.0 Å². The van der Waals surface area contributed by atoms with Gasteiger partial charge in [-0.3, -0.25) is 24.0 Å². The van der Waals surface area contributed by atoms with Crippen molar-refractivity contribution >= 4 is 45.4 Å². The van der Waals surface area contributed by atoms with Crippen LogP contribution >= 0.6 is 15.6 Å². The van der Waals surface area contributed by atoms with E-state index in [4.69, 9.17) is 37.5 Å². The number of hydrogen-bond acceptors (Lipinski definition) is 25. The summed E-state index contributed by atoms with van der Waals surface area (Å²) >= 11 is 0. The van der Waals surface area contributed by atoms with E-state index in [0.29, 0.717) is 32.1 Å². The second-order valence-corrected chi connectivity index (χ2v) is 42.4. The quantitative estimate of drug-likeness (QED) is 0.0121. The molecule has 15 atom stereocenters. The zero-order valence-electron chi connectivity index (χ0n) is 85.8. The molecule has 0 aromatic carbocycles. The predicted molar refractivity (Wildman–Crippen MR) is 528 cm³/mol. The average molecular weight is 1960 g/mol. The van der Waals surface area contributed by atoms with Crippen LogP contribution in [0.25, 0.3) is 0 Å². The van der Waals surface area contributed by atoms with Crippen molar-refractivity contribution in [1.29, 1.82) is 0 Å². The van der Waals surface area contributed by atoms with Gasteiger partial charge in [-0.1, -0.05) is 458 Å². The van der Waals surface area contributed by atoms with Crippen LogP contribution in [0.1, 0.15) is 542 Å². The van der Waals surface area contributed by atoms with E-state index in [-0.39, 0.29) is 38.2 Å². The Morgan fingerprint density at radius 1 is 0.326 bits per heavy atom. The number of phosphoric ester groups is 2. The molecule has 2 aliphatic rings. The molecule has 0 spiro atoms. The molecule has 2 amide bonds. The van der Waals surface area contributed by atoms with Crippen molar-refractivity contribution in [1.82, 2.24) is 10.6 Å². The molecule has 798 valence electrons. The maximum absolute atomic E-state index is 15.1. The van der Waals surface area contributed by atoms with Gasteiger partial charge in [-0.05, 0) is 51.9 Å². The fourth-order valence-electron chi connectivity index (χ4n) is 18.9. The molecule has 0 saturated carbocycles. The molecule has 0 radical (unpaired) electrons. The molecule has 0 aromatic rings. The normalized spacial score (nSPS) is 19.9. The lowest BCUT2D eigenvalue weighted by Crippen LogP contribution is -2.68. The van der Waals surface area contributed by atoms with E-state index >= 15 is 4.79 Å². The number of carbonyl (C=O) groups is 5. The highest BCUT2D eigenvalue weighted by atomic mass is 31.2. The van der Waals surface area contributed by atoms with Crippen LogP contribution in [0.4, 0.5) is 0 Å². The van der Waals surface area contributed by atoms with Crippen LogP contribution < -0.4 is 30.2 Å². The molecule has 29 heteroatoms. The summed E-state index contributed by atoms with van der Waals surface area (Å²) in [5, 5.41) is 71.9. The third-order valence-corrected chi connectivity index (χ3v) is 28.1. The van der Waals surface area contributed by atoms with E-state index in [9.17, 15) is 78.5 Å². The number of unbranched alkanes of at least 4 members (excludes halogenated alkanes) is 64. The maximum Gasteiger partial charge on any atom is 0.308 e. The predicted octanol–water partition coefficient (Wildman–Crippen LogP) is 21.9. The molecular weight excluding hydrogens is 1760 g/mol. The van der Waals surface area contributed by atoms with E-state index in [1.54, 1.807) is 0 Å². The summed E-state index contributed by atoms with van der Waals surface area (Å²) in [6.45, 7) is 8.36. The van der Waals surface area contributed by atoms with Crippen LogP contribution in [0.3, 0.4) is 0 Å². The molecular formula is C106H200N2O25P2-4. The SMILES string of the molecule is CCCCCCCCCCCCCCC[C@@H](O)CC(=O)N[C@H]1[C@@H](OP(=O)([O-])[O-])O[C@H](CO[C@@H]2O[C@H](CO)[C@@H](OP(=O)([O-])[O-])[C@H](OC(=O)C[C@H](O)CCCCCCCCCCC)[C@H]2NC(=O)C[C@@H](CCCCCCCCCCCCCCC)OC(=O)CCCCCCCCCCCCCCCCCCCCCCCCCCC[C@@H](C)O)[C@@H](O)[C@@H]1OC(=O)C[C@H](O)CCCCCCCCCCC. The molecule has 2 heterocycles. The van der Waals surface area contributed by atoms with Gasteiger partial charge in [0.2, 0.25) is 11.8 Å². The Kier molecular flexibility index (Phi) is 82.4. The number of aliphatic hydroxyl groups excluding tert-OH is 6. The molecule has 135 heavy (non-hydrogen) atoms. The fourth-order valence-corrected chi connectivity index (χ4v) is 19.9. The Morgan fingerprint density at radius 2 is 0.600 bits per heavy atom. The highest BCUT2D eigenvalue weighted by Crippen LogP contribution is 2.40. The van der Waals surface area contributed by atoms with Gasteiger partial charge in [-0.2, -0.15) is 0 Å². The van der Waals surface area contributed by atoms with Crippen LogP contribution in [0.5, 0.6) is 0 Å².